The summed E-state index contributed by atoms with van der Waals surface area (Å²) in [4.78, 5) is 22.7. The summed E-state index contributed by atoms with van der Waals surface area (Å²) in [7, 11) is 0. The van der Waals surface area contributed by atoms with Gasteiger partial charge in [0.1, 0.15) is 23.4 Å². The number of esters is 2. The number of rotatable bonds is 3. The van der Waals surface area contributed by atoms with Crippen LogP contribution < -0.4 is 9.47 Å². The normalized spacial score (nSPS) is 18.1. The second kappa shape index (κ2) is 7.06. The minimum atomic E-state index is -0.806. The van der Waals surface area contributed by atoms with Gasteiger partial charge in [0.25, 0.3) is 0 Å². The third-order valence-electron chi connectivity index (χ3n) is 4.06. The van der Waals surface area contributed by atoms with Crippen LogP contribution in [0.25, 0.3) is 0 Å². The van der Waals surface area contributed by atoms with Gasteiger partial charge >= 0.3 is 11.9 Å². The predicted molar refractivity (Wildman–Crippen MR) is 91.8 cm³/mol. The fourth-order valence-corrected chi connectivity index (χ4v) is 2.98. The highest BCUT2D eigenvalue weighted by atomic mass is 16.6. The first kappa shape index (κ1) is 18.4. The summed E-state index contributed by atoms with van der Waals surface area (Å²) >= 11 is 0. The quantitative estimate of drug-likeness (QED) is 0.425. The SMILES string of the molecule is CC(=O)Oc1cc(O)c2c(c1)O[C@H](c1ccc(O)c(O)c1)[C@@H](OC(C)=O)C2. The molecule has 0 fully saturated rings. The molecule has 0 unspecified atom stereocenters. The van der Waals surface area contributed by atoms with Crippen LogP contribution in [-0.4, -0.2) is 33.4 Å². The van der Waals surface area contributed by atoms with Crippen LogP contribution in [-0.2, 0) is 20.7 Å². The molecule has 0 aliphatic carbocycles. The summed E-state index contributed by atoms with van der Waals surface area (Å²) in [5.74, 6) is -1.52. The third kappa shape index (κ3) is 3.89. The molecule has 0 radical (unpaired) electrons. The largest absolute Gasteiger partial charge is 0.507 e. The number of carbonyl (C=O) groups excluding carboxylic acids is 2. The molecule has 142 valence electrons. The highest BCUT2D eigenvalue weighted by Gasteiger charge is 2.36. The molecule has 2 aromatic rings. The number of phenols is 3. The maximum atomic E-state index is 11.5. The minimum Gasteiger partial charge on any atom is -0.507 e. The van der Waals surface area contributed by atoms with Gasteiger partial charge in [-0.1, -0.05) is 6.07 Å². The van der Waals surface area contributed by atoms with Gasteiger partial charge in [0, 0.05) is 43.5 Å². The Morgan fingerprint density at radius 2 is 1.74 bits per heavy atom. The van der Waals surface area contributed by atoms with Crippen molar-refractivity contribution in [3.05, 3.63) is 41.5 Å². The van der Waals surface area contributed by atoms with E-state index in [1.165, 1.54) is 44.2 Å². The van der Waals surface area contributed by atoms with E-state index in [0.29, 0.717) is 11.1 Å². The summed E-state index contributed by atoms with van der Waals surface area (Å²) in [6.45, 7) is 2.49. The van der Waals surface area contributed by atoms with Gasteiger partial charge in [-0.05, 0) is 12.1 Å². The number of carbonyl (C=O) groups is 2. The Labute approximate surface area is 154 Å². The minimum absolute atomic E-state index is 0.108. The average Bonchev–Trinajstić information content (AvgIpc) is 2.56. The Bertz CT molecular complexity index is 905. The molecule has 2 aromatic carbocycles. The Kier molecular flexibility index (Phi) is 4.81. The van der Waals surface area contributed by atoms with Gasteiger partial charge in [-0.3, -0.25) is 9.59 Å². The lowest BCUT2D eigenvalue weighted by Crippen LogP contribution is -2.34. The van der Waals surface area contributed by atoms with E-state index in [1.807, 2.05) is 0 Å². The predicted octanol–water partition coefficient (Wildman–Crippen LogP) is 2.34. The van der Waals surface area contributed by atoms with E-state index in [2.05, 4.69) is 0 Å². The first-order valence-electron chi connectivity index (χ1n) is 8.14. The smallest absolute Gasteiger partial charge is 0.308 e. The first-order chi connectivity index (χ1) is 12.7. The molecule has 0 spiro atoms. The van der Waals surface area contributed by atoms with Crippen molar-refractivity contribution in [3.8, 4) is 28.7 Å². The van der Waals surface area contributed by atoms with Crippen LogP contribution in [0.5, 0.6) is 28.7 Å². The Balaban J connectivity index is 2.02. The summed E-state index contributed by atoms with van der Waals surface area (Å²) in [5, 5.41) is 29.5. The Morgan fingerprint density at radius 1 is 1.00 bits per heavy atom. The van der Waals surface area contributed by atoms with Gasteiger partial charge in [-0.2, -0.15) is 0 Å². The Morgan fingerprint density at radius 3 is 2.37 bits per heavy atom. The van der Waals surface area contributed by atoms with E-state index in [1.54, 1.807) is 0 Å². The maximum Gasteiger partial charge on any atom is 0.308 e. The van der Waals surface area contributed by atoms with Gasteiger partial charge in [0.2, 0.25) is 0 Å². The molecule has 0 bridgehead atoms. The molecule has 27 heavy (non-hydrogen) atoms. The van der Waals surface area contributed by atoms with Gasteiger partial charge in [-0.25, -0.2) is 0 Å². The van der Waals surface area contributed by atoms with Crippen molar-refractivity contribution in [1.29, 1.82) is 0 Å². The highest BCUT2D eigenvalue weighted by molar-refractivity contribution is 5.70. The molecule has 1 aliphatic rings. The van der Waals surface area contributed by atoms with Gasteiger partial charge in [0.05, 0.1) is 0 Å². The van der Waals surface area contributed by atoms with E-state index in [4.69, 9.17) is 14.2 Å². The highest BCUT2D eigenvalue weighted by Crippen LogP contribution is 2.44. The number of ether oxygens (including phenoxy) is 3. The second-order valence-corrected chi connectivity index (χ2v) is 6.15. The summed E-state index contributed by atoms with van der Waals surface area (Å²) < 4.78 is 16.2. The van der Waals surface area contributed by atoms with Crippen molar-refractivity contribution >= 4 is 11.9 Å². The van der Waals surface area contributed by atoms with Crippen molar-refractivity contribution in [2.45, 2.75) is 32.5 Å². The molecule has 3 rings (SSSR count). The first-order valence-corrected chi connectivity index (χ1v) is 8.14. The zero-order chi connectivity index (χ0) is 19.7. The number of hydrogen-bond acceptors (Lipinski definition) is 8. The van der Waals surface area contributed by atoms with E-state index in [-0.39, 0.29) is 35.2 Å². The number of fused-ring (bicyclic) bond motifs is 1. The van der Waals surface area contributed by atoms with Crippen LogP contribution in [0.1, 0.15) is 31.1 Å². The van der Waals surface area contributed by atoms with E-state index in [0.717, 1.165) is 0 Å². The second-order valence-electron chi connectivity index (χ2n) is 6.15. The van der Waals surface area contributed by atoms with E-state index < -0.39 is 24.1 Å². The topological polar surface area (TPSA) is 123 Å². The van der Waals surface area contributed by atoms with Gasteiger partial charge in [0.15, 0.2) is 17.6 Å². The molecular weight excluding hydrogens is 356 g/mol. The molecule has 2 atom stereocenters. The molecule has 8 nitrogen and oxygen atoms in total. The molecule has 0 saturated carbocycles. The number of benzene rings is 2. The molecular formula is C19H18O8. The van der Waals surface area contributed by atoms with Crippen LogP contribution in [0.3, 0.4) is 0 Å². The Hall–Kier alpha value is -3.42. The lowest BCUT2D eigenvalue weighted by molar-refractivity contribution is -0.152. The summed E-state index contributed by atoms with van der Waals surface area (Å²) in [5.41, 5.74) is 0.857. The fourth-order valence-electron chi connectivity index (χ4n) is 2.98. The molecule has 1 aliphatic heterocycles. The zero-order valence-corrected chi connectivity index (χ0v) is 14.6. The van der Waals surface area contributed by atoms with Crippen molar-refractivity contribution in [3.63, 3.8) is 0 Å². The third-order valence-corrected chi connectivity index (χ3v) is 4.06. The molecule has 8 heteroatoms. The van der Waals surface area contributed by atoms with Crippen LogP contribution in [0, 0.1) is 0 Å². The lowest BCUT2D eigenvalue weighted by Gasteiger charge is -2.33. The standard InChI is InChI=1S/C19H18O8/c1-9(20)25-12-6-15(23)13-8-18(26-10(2)21)19(27-17(13)7-12)11-3-4-14(22)16(24)5-11/h3-7,18-19,22-24H,8H2,1-2H3/t18-,19+/m0/s1. The van der Waals surface area contributed by atoms with E-state index in [9.17, 15) is 24.9 Å². The van der Waals surface area contributed by atoms with Crippen LogP contribution in [0.4, 0.5) is 0 Å². The van der Waals surface area contributed by atoms with Crippen molar-refractivity contribution in [2.75, 3.05) is 0 Å². The summed E-state index contributed by atoms with van der Waals surface area (Å²) in [6.07, 6.45) is -1.43. The molecule has 0 saturated heterocycles. The van der Waals surface area contributed by atoms with Gasteiger partial charge in [-0.15, -0.1) is 0 Å². The monoisotopic (exact) mass is 374 g/mol. The maximum absolute atomic E-state index is 11.5. The zero-order valence-electron chi connectivity index (χ0n) is 14.6. The van der Waals surface area contributed by atoms with Crippen LogP contribution in [0.15, 0.2) is 30.3 Å². The number of hydrogen-bond donors (Lipinski definition) is 3. The van der Waals surface area contributed by atoms with Crippen LogP contribution in [0.2, 0.25) is 0 Å². The number of phenolic OH excluding ortho intramolecular Hbond substituents is 3. The van der Waals surface area contributed by atoms with Gasteiger partial charge < -0.3 is 29.5 Å². The van der Waals surface area contributed by atoms with Crippen molar-refractivity contribution in [2.24, 2.45) is 0 Å². The lowest BCUT2D eigenvalue weighted by atomic mass is 9.93. The van der Waals surface area contributed by atoms with E-state index >= 15 is 0 Å². The molecule has 0 amide bonds. The van der Waals surface area contributed by atoms with Crippen molar-refractivity contribution < 1.29 is 39.1 Å². The van der Waals surface area contributed by atoms with Crippen molar-refractivity contribution in [1.82, 2.24) is 0 Å². The fraction of sp³-hybridized carbons (Fsp3) is 0.263. The molecule has 3 N–H and O–H groups in total. The molecule has 1 heterocycles. The molecule has 0 aromatic heterocycles. The number of aromatic hydroxyl groups is 3. The average molecular weight is 374 g/mol. The summed E-state index contributed by atoms with van der Waals surface area (Å²) in [6, 6.07) is 6.85. The van der Waals surface area contributed by atoms with Crippen LogP contribution >= 0.6 is 0 Å².